The quantitative estimate of drug-likeness (QED) is 0.622. The van der Waals surface area contributed by atoms with Gasteiger partial charge in [-0.3, -0.25) is 14.6 Å². The van der Waals surface area contributed by atoms with Gasteiger partial charge in [-0.15, -0.1) is 0 Å². The summed E-state index contributed by atoms with van der Waals surface area (Å²) in [6.45, 7) is 1.96. The zero-order chi connectivity index (χ0) is 19.1. The Bertz CT molecular complexity index is 928. The molecule has 136 valence electrons. The minimum atomic E-state index is -0.339. The van der Waals surface area contributed by atoms with Crippen LogP contribution in [0.2, 0.25) is 0 Å². The van der Waals surface area contributed by atoms with E-state index in [9.17, 15) is 9.59 Å². The van der Waals surface area contributed by atoms with Crippen LogP contribution in [0.1, 0.15) is 22.8 Å². The summed E-state index contributed by atoms with van der Waals surface area (Å²) in [4.78, 5) is 35.8. The van der Waals surface area contributed by atoms with E-state index in [1.165, 1.54) is 19.3 Å². The van der Waals surface area contributed by atoms with E-state index in [-0.39, 0.29) is 11.8 Å². The fourth-order valence-corrected chi connectivity index (χ4v) is 2.30. The van der Waals surface area contributed by atoms with Gasteiger partial charge in [-0.25, -0.2) is 9.97 Å². The average Bonchev–Trinajstić information content (AvgIpc) is 2.67. The first-order chi connectivity index (χ1) is 13.1. The lowest BCUT2D eigenvalue weighted by Crippen LogP contribution is -2.14. The summed E-state index contributed by atoms with van der Waals surface area (Å²) in [5, 5.41) is 8.48. The molecule has 0 aliphatic rings. The number of amides is 2. The van der Waals surface area contributed by atoms with E-state index in [1.807, 2.05) is 12.1 Å². The van der Waals surface area contributed by atoms with Gasteiger partial charge in [0, 0.05) is 49.6 Å². The maximum Gasteiger partial charge on any atom is 0.258 e. The molecule has 0 fully saturated rings. The fraction of sp³-hybridized carbons (Fsp3) is 0.105. The van der Waals surface area contributed by atoms with Crippen LogP contribution in [0.3, 0.4) is 0 Å². The first kappa shape index (κ1) is 18.0. The summed E-state index contributed by atoms with van der Waals surface area (Å²) >= 11 is 0. The largest absolute Gasteiger partial charge is 0.350 e. The van der Waals surface area contributed by atoms with Crippen molar-refractivity contribution in [3.05, 3.63) is 72.3 Å². The summed E-state index contributed by atoms with van der Waals surface area (Å²) in [6.07, 6.45) is 6.36. The van der Waals surface area contributed by atoms with E-state index >= 15 is 0 Å². The second kappa shape index (κ2) is 8.52. The Morgan fingerprint density at radius 2 is 1.70 bits per heavy atom. The second-order valence-electron chi connectivity index (χ2n) is 5.73. The number of rotatable bonds is 6. The van der Waals surface area contributed by atoms with Gasteiger partial charge in [-0.05, 0) is 29.8 Å². The summed E-state index contributed by atoms with van der Waals surface area (Å²) in [7, 11) is 0. The van der Waals surface area contributed by atoms with E-state index in [2.05, 4.69) is 30.9 Å². The lowest BCUT2D eigenvalue weighted by molar-refractivity contribution is -0.114. The summed E-state index contributed by atoms with van der Waals surface area (Å²) in [5.74, 6) is -0.0990. The maximum atomic E-state index is 12.3. The smallest absolute Gasteiger partial charge is 0.258 e. The van der Waals surface area contributed by atoms with Gasteiger partial charge in [0.05, 0.1) is 5.56 Å². The number of hydrogen-bond donors (Lipinski definition) is 3. The molecule has 0 radical (unpaired) electrons. The lowest BCUT2D eigenvalue weighted by Gasteiger charge is -2.08. The molecule has 8 heteroatoms. The van der Waals surface area contributed by atoms with Gasteiger partial charge < -0.3 is 16.0 Å². The topological polar surface area (TPSA) is 109 Å². The summed E-state index contributed by atoms with van der Waals surface area (Å²) in [5.41, 5.74) is 2.49. The van der Waals surface area contributed by atoms with E-state index in [0.29, 0.717) is 29.4 Å². The van der Waals surface area contributed by atoms with Crippen molar-refractivity contribution in [1.82, 2.24) is 15.0 Å². The number of nitrogens with zero attached hydrogens (tertiary/aromatic N) is 3. The van der Waals surface area contributed by atoms with Crippen molar-refractivity contribution in [3.8, 4) is 0 Å². The summed E-state index contributed by atoms with van der Waals surface area (Å²) < 4.78 is 0. The van der Waals surface area contributed by atoms with Crippen molar-refractivity contribution in [3.63, 3.8) is 0 Å². The molecule has 3 rings (SSSR count). The van der Waals surface area contributed by atoms with Crippen LogP contribution < -0.4 is 16.0 Å². The molecule has 3 aromatic rings. The molecule has 3 N–H and O–H groups in total. The van der Waals surface area contributed by atoms with Crippen LogP contribution in [0.5, 0.6) is 0 Å². The number of anilines is 3. The standard InChI is InChI=1S/C19H18N6O2/c1-13(26)24-16-5-2-6-17(8-16)25-18(27)15-11-22-19(23-12-15)21-10-14-4-3-7-20-9-14/h2-9,11-12H,10H2,1H3,(H,24,26)(H,25,27)(H,21,22,23). The first-order valence-electron chi connectivity index (χ1n) is 8.24. The van der Waals surface area contributed by atoms with Gasteiger partial charge in [0.15, 0.2) is 0 Å². The predicted molar refractivity (Wildman–Crippen MR) is 102 cm³/mol. The molecule has 2 aromatic heterocycles. The van der Waals surface area contributed by atoms with E-state index in [0.717, 1.165) is 5.56 Å². The van der Waals surface area contributed by atoms with Crippen molar-refractivity contribution in [1.29, 1.82) is 0 Å². The molecule has 0 aliphatic carbocycles. The van der Waals surface area contributed by atoms with Crippen LogP contribution in [0.25, 0.3) is 0 Å². The Labute approximate surface area is 156 Å². The number of carbonyl (C=O) groups is 2. The number of carbonyl (C=O) groups excluding carboxylic acids is 2. The number of benzene rings is 1. The molecule has 1 aromatic carbocycles. The van der Waals surface area contributed by atoms with Crippen LogP contribution in [0, 0.1) is 0 Å². The minimum absolute atomic E-state index is 0.179. The Morgan fingerprint density at radius 1 is 0.963 bits per heavy atom. The molecule has 2 heterocycles. The monoisotopic (exact) mass is 362 g/mol. The molecule has 0 spiro atoms. The normalized spacial score (nSPS) is 10.1. The Morgan fingerprint density at radius 3 is 2.37 bits per heavy atom. The molecule has 27 heavy (non-hydrogen) atoms. The van der Waals surface area contributed by atoms with Crippen LogP contribution in [0.15, 0.2) is 61.2 Å². The number of pyridine rings is 1. The molecule has 0 aliphatic heterocycles. The third-order valence-corrected chi connectivity index (χ3v) is 3.53. The van der Waals surface area contributed by atoms with Gasteiger partial charge in [0.1, 0.15) is 0 Å². The Balaban J connectivity index is 1.59. The molecule has 0 unspecified atom stereocenters. The molecule has 2 amide bonds. The maximum absolute atomic E-state index is 12.3. The van der Waals surface area contributed by atoms with Gasteiger partial charge >= 0.3 is 0 Å². The van der Waals surface area contributed by atoms with Gasteiger partial charge in [0.25, 0.3) is 5.91 Å². The van der Waals surface area contributed by atoms with Crippen LogP contribution in [-0.4, -0.2) is 26.8 Å². The van der Waals surface area contributed by atoms with Crippen molar-refractivity contribution in [2.75, 3.05) is 16.0 Å². The average molecular weight is 362 g/mol. The molecule has 0 atom stereocenters. The van der Waals surface area contributed by atoms with Crippen LogP contribution in [0.4, 0.5) is 17.3 Å². The van der Waals surface area contributed by atoms with E-state index in [4.69, 9.17) is 0 Å². The van der Waals surface area contributed by atoms with Crippen LogP contribution >= 0.6 is 0 Å². The third kappa shape index (κ3) is 5.33. The van der Waals surface area contributed by atoms with E-state index < -0.39 is 0 Å². The Hall–Kier alpha value is -3.81. The Kier molecular flexibility index (Phi) is 5.68. The molecule has 0 saturated heterocycles. The highest BCUT2D eigenvalue weighted by molar-refractivity contribution is 6.04. The molecular formula is C19H18N6O2. The highest BCUT2D eigenvalue weighted by atomic mass is 16.2. The summed E-state index contributed by atoms with van der Waals surface area (Å²) in [6, 6.07) is 10.7. The molecule has 0 bridgehead atoms. The molecule has 8 nitrogen and oxygen atoms in total. The number of hydrogen-bond acceptors (Lipinski definition) is 6. The highest BCUT2D eigenvalue weighted by Gasteiger charge is 2.08. The fourth-order valence-electron chi connectivity index (χ4n) is 2.30. The lowest BCUT2D eigenvalue weighted by atomic mass is 10.2. The van der Waals surface area contributed by atoms with Crippen molar-refractivity contribution >= 4 is 29.1 Å². The number of nitrogens with one attached hydrogen (secondary N) is 3. The zero-order valence-corrected chi connectivity index (χ0v) is 14.6. The zero-order valence-electron chi connectivity index (χ0n) is 14.6. The van der Waals surface area contributed by atoms with E-state index in [1.54, 1.807) is 36.7 Å². The molecular weight excluding hydrogens is 344 g/mol. The van der Waals surface area contributed by atoms with Gasteiger partial charge in [0.2, 0.25) is 11.9 Å². The van der Waals surface area contributed by atoms with Gasteiger partial charge in [-0.2, -0.15) is 0 Å². The SMILES string of the molecule is CC(=O)Nc1cccc(NC(=O)c2cnc(NCc3cccnc3)nc2)c1. The minimum Gasteiger partial charge on any atom is -0.350 e. The van der Waals surface area contributed by atoms with Gasteiger partial charge in [-0.1, -0.05) is 12.1 Å². The van der Waals surface area contributed by atoms with Crippen molar-refractivity contribution in [2.45, 2.75) is 13.5 Å². The second-order valence-corrected chi connectivity index (χ2v) is 5.73. The highest BCUT2D eigenvalue weighted by Crippen LogP contribution is 2.16. The number of aromatic nitrogens is 3. The third-order valence-electron chi connectivity index (χ3n) is 3.53. The molecule has 0 saturated carbocycles. The van der Waals surface area contributed by atoms with Crippen molar-refractivity contribution < 1.29 is 9.59 Å². The first-order valence-corrected chi connectivity index (χ1v) is 8.24. The van der Waals surface area contributed by atoms with Crippen molar-refractivity contribution in [2.24, 2.45) is 0 Å². The predicted octanol–water partition coefficient (Wildman–Crippen LogP) is 2.69. The van der Waals surface area contributed by atoms with Crippen LogP contribution in [-0.2, 0) is 11.3 Å².